The first kappa shape index (κ1) is 10.8. The van der Waals surface area contributed by atoms with Crippen LogP contribution in [0.15, 0.2) is 24.3 Å². The van der Waals surface area contributed by atoms with E-state index in [4.69, 9.17) is 11.6 Å². The van der Waals surface area contributed by atoms with Crippen molar-refractivity contribution in [1.82, 2.24) is 0 Å². The van der Waals surface area contributed by atoms with Gasteiger partial charge in [0, 0.05) is 0 Å². The lowest BCUT2D eigenvalue weighted by Crippen LogP contribution is -2.39. The van der Waals surface area contributed by atoms with Crippen LogP contribution < -0.4 is 5.32 Å². The Bertz CT molecular complexity index is 334. The SMILES string of the molecule is OC1(Nc2ccccc2Cl)CCCCC1. The fourth-order valence-corrected chi connectivity index (χ4v) is 2.26. The molecular formula is C12H16ClNO. The van der Waals surface area contributed by atoms with Crippen LogP contribution in [0.3, 0.4) is 0 Å². The number of nitrogens with one attached hydrogen (secondary N) is 1. The van der Waals surface area contributed by atoms with Gasteiger partial charge in [-0.25, -0.2) is 0 Å². The highest BCUT2D eigenvalue weighted by Crippen LogP contribution is 2.31. The van der Waals surface area contributed by atoms with Crippen LogP contribution in [0.1, 0.15) is 32.1 Å². The van der Waals surface area contributed by atoms with E-state index in [1.54, 1.807) is 0 Å². The van der Waals surface area contributed by atoms with E-state index in [2.05, 4.69) is 5.32 Å². The molecule has 2 nitrogen and oxygen atoms in total. The Morgan fingerprint density at radius 2 is 1.80 bits per heavy atom. The van der Waals surface area contributed by atoms with E-state index in [1.165, 1.54) is 6.42 Å². The molecule has 2 N–H and O–H groups in total. The minimum Gasteiger partial charge on any atom is -0.371 e. The summed E-state index contributed by atoms with van der Waals surface area (Å²) < 4.78 is 0. The summed E-state index contributed by atoms with van der Waals surface area (Å²) >= 11 is 6.03. The third-order valence-electron chi connectivity index (χ3n) is 2.92. The highest BCUT2D eigenvalue weighted by atomic mass is 35.5. The van der Waals surface area contributed by atoms with Gasteiger partial charge >= 0.3 is 0 Å². The lowest BCUT2D eigenvalue weighted by molar-refractivity contribution is 0.0317. The summed E-state index contributed by atoms with van der Waals surface area (Å²) in [4.78, 5) is 0. The van der Waals surface area contributed by atoms with Crippen molar-refractivity contribution in [3.63, 3.8) is 0 Å². The summed E-state index contributed by atoms with van der Waals surface area (Å²) in [6.45, 7) is 0. The number of para-hydroxylation sites is 1. The Morgan fingerprint density at radius 1 is 1.13 bits per heavy atom. The van der Waals surface area contributed by atoms with Crippen LogP contribution in [0.25, 0.3) is 0 Å². The van der Waals surface area contributed by atoms with Gasteiger partial charge < -0.3 is 10.4 Å². The van der Waals surface area contributed by atoms with Gasteiger partial charge in [-0.15, -0.1) is 0 Å². The maximum atomic E-state index is 10.3. The van der Waals surface area contributed by atoms with Gasteiger partial charge in [0.2, 0.25) is 0 Å². The average Bonchev–Trinajstić information content (AvgIpc) is 2.22. The van der Waals surface area contributed by atoms with Gasteiger partial charge in [-0.3, -0.25) is 0 Å². The van der Waals surface area contributed by atoms with Crippen LogP contribution in [0.2, 0.25) is 5.02 Å². The number of aliphatic hydroxyl groups is 1. The lowest BCUT2D eigenvalue weighted by atomic mass is 9.91. The molecule has 0 unspecified atom stereocenters. The molecule has 0 radical (unpaired) electrons. The van der Waals surface area contributed by atoms with Crippen molar-refractivity contribution >= 4 is 17.3 Å². The van der Waals surface area contributed by atoms with Crippen LogP contribution in [0, 0.1) is 0 Å². The predicted octanol–water partition coefficient (Wildman–Crippen LogP) is 3.40. The maximum absolute atomic E-state index is 10.3. The molecule has 1 aliphatic carbocycles. The van der Waals surface area contributed by atoms with Crippen LogP contribution in [0.4, 0.5) is 5.69 Å². The van der Waals surface area contributed by atoms with E-state index < -0.39 is 5.72 Å². The predicted molar refractivity (Wildman–Crippen MR) is 63.1 cm³/mol. The molecule has 0 amide bonds. The van der Waals surface area contributed by atoms with Crippen molar-refractivity contribution in [2.24, 2.45) is 0 Å². The van der Waals surface area contributed by atoms with Crippen LogP contribution in [-0.4, -0.2) is 10.8 Å². The Morgan fingerprint density at radius 3 is 2.47 bits per heavy atom. The van der Waals surface area contributed by atoms with Gasteiger partial charge in [0.05, 0.1) is 10.7 Å². The molecule has 0 heterocycles. The molecule has 15 heavy (non-hydrogen) atoms. The zero-order chi connectivity index (χ0) is 10.7. The van der Waals surface area contributed by atoms with Crippen molar-refractivity contribution in [1.29, 1.82) is 0 Å². The number of hydrogen-bond donors (Lipinski definition) is 2. The Labute approximate surface area is 95.3 Å². The molecule has 0 bridgehead atoms. The van der Waals surface area contributed by atoms with Gasteiger partial charge in [0.15, 0.2) is 0 Å². The van der Waals surface area contributed by atoms with E-state index in [0.29, 0.717) is 5.02 Å². The van der Waals surface area contributed by atoms with Crippen molar-refractivity contribution in [2.45, 2.75) is 37.8 Å². The number of hydrogen-bond acceptors (Lipinski definition) is 2. The third-order valence-corrected chi connectivity index (χ3v) is 3.25. The fourth-order valence-electron chi connectivity index (χ4n) is 2.07. The maximum Gasteiger partial charge on any atom is 0.135 e. The first-order valence-electron chi connectivity index (χ1n) is 5.45. The van der Waals surface area contributed by atoms with E-state index in [9.17, 15) is 5.11 Å². The smallest absolute Gasteiger partial charge is 0.135 e. The summed E-state index contributed by atoms with van der Waals surface area (Å²) in [5.41, 5.74) is 0.0621. The van der Waals surface area contributed by atoms with Crippen molar-refractivity contribution in [3.05, 3.63) is 29.3 Å². The molecule has 0 aromatic heterocycles. The number of rotatable bonds is 2. The molecule has 0 aliphatic heterocycles. The summed E-state index contributed by atoms with van der Waals surface area (Å²) in [5.74, 6) is 0. The molecule has 1 aliphatic rings. The zero-order valence-electron chi connectivity index (χ0n) is 8.67. The Balaban J connectivity index is 2.10. The molecule has 0 saturated heterocycles. The second kappa shape index (κ2) is 4.42. The quantitative estimate of drug-likeness (QED) is 0.757. The second-order valence-corrected chi connectivity index (χ2v) is 4.60. The molecule has 2 rings (SSSR count). The first-order chi connectivity index (χ1) is 7.20. The van der Waals surface area contributed by atoms with Gasteiger partial charge in [0.1, 0.15) is 5.72 Å². The van der Waals surface area contributed by atoms with Gasteiger partial charge in [0.25, 0.3) is 0 Å². The Hall–Kier alpha value is -0.730. The minimum absolute atomic E-state index is 0.663. The van der Waals surface area contributed by atoms with Gasteiger partial charge in [-0.05, 0) is 37.8 Å². The van der Waals surface area contributed by atoms with Crippen molar-refractivity contribution in [3.8, 4) is 0 Å². The van der Waals surface area contributed by atoms with E-state index in [1.807, 2.05) is 24.3 Å². The minimum atomic E-state index is -0.761. The number of halogens is 1. The molecule has 1 aromatic carbocycles. The molecule has 1 saturated carbocycles. The average molecular weight is 226 g/mol. The fraction of sp³-hybridized carbons (Fsp3) is 0.500. The Kier molecular flexibility index (Phi) is 3.17. The summed E-state index contributed by atoms with van der Waals surface area (Å²) in [6.07, 6.45) is 4.98. The molecule has 3 heteroatoms. The standard InChI is InChI=1S/C12H16ClNO/c13-10-6-2-3-7-11(10)14-12(15)8-4-1-5-9-12/h2-3,6-7,14-15H,1,4-5,8-9H2. The van der Waals surface area contributed by atoms with Crippen LogP contribution in [0.5, 0.6) is 0 Å². The van der Waals surface area contributed by atoms with Crippen molar-refractivity contribution in [2.75, 3.05) is 5.32 Å². The third kappa shape index (κ3) is 2.64. The first-order valence-corrected chi connectivity index (χ1v) is 5.83. The zero-order valence-corrected chi connectivity index (χ0v) is 9.43. The van der Waals surface area contributed by atoms with Crippen LogP contribution in [-0.2, 0) is 0 Å². The second-order valence-electron chi connectivity index (χ2n) is 4.20. The van der Waals surface area contributed by atoms with Crippen LogP contribution >= 0.6 is 11.6 Å². The van der Waals surface area contributed by atoms with E-state index in [-0.39, 0.29) is 0 Å². The molecular weight excluding hydrogens is 210 g/mol. The lowest BCUT2D eigenvalue weighted by Gasteiger charge is -2.34. The highest BCUT2D eigenvalue weighted by molar-refractivity contribution is 6.33. The molecule has 0 atom stereocenters. The molecule has 0 spiro atoms. The monoisotopic (exact) mass is 225 g/mol. The summed E-state index contributed by atoms with van der Waals surface area (Å²) in [6, 6.07) is 7.53. The normalized spacial score (nSPS) is 19.9. The number of anilines is 1. The van der Waals surface area contributed by atoms with E-state index >= 15 is 0 Å². The number of benzene rings is 1. The van der Waals surface area contributed by atoms with Gasteiger partial charge in [-0.1, -0.05) is 30.2 Å². The topological polar surface area (TPSA) is 32.3 Å². The molecule has 82 valence electrons. The van der Waals surface area contributed by atoms with Gasteiger partial charge in [-0.2, -0.15) is 0 Å². The van der Waals surface area contributed by atoms with E-state index in [0.717, 1.165) is 31.4 Å². The summed E-state index contributed by atoms with van der Waals surface area (Å²) in [7, 11) is 0. The molecule has 1 fully saturated rings. The largest absolute Gasteiger partial charge is 0.371 e. The van der Waals surface area contributed by atoms with Crippen molar-refractivity contribution < 1.29 is 5.11 Å². The molecule has 1 aromatic rings. The highest BCUT2D eigenvalue weighted by Gasteiger charge is 2.29. The summed E-state index contributed by atoms with van der Waals surface area (Å²) in [5, 5.41) is 14.1.